The number of nitrogens with one attached hydrogen (secondary N) is 2. The molecular formula is C15H19ClN2O2. The van der Waals surface area contributed by atoms with Crippen LogP contribution in [0.1, 0.15) is 36.0 Å². The average Bonchev–Trinajstić information content (AvgIpc) is 2.77. The Kier molecular flexibility index (Phi) is 3.85. The highest BCUT2D eigenvalue weighted by Crippen LogP contribution is 2.28. The number of carbonyl (C=O) groups is 1. The molecule has 2 heterocycles. The summed E-state index contributed by atoms with van der Waals surface area (Å²) in [5.41, 5.74) is 0.544. The molecule has 2 atom stereocenters. The van der Waals surface area contributed by atoms with Crippen LogP contribution in [-0.2, 0) is 0 Å². The molecule has 2 aliphatic rings. The van der Waals surface area contributed by atoms with Crippen molar-refractivity contribution in [2.24, 2.45) is 0 Å². The summed E-state index contributed by atoms with van der Waals surface area (Å²) < 4.78 is 5.23. The third kappa shape index (κ3) is 2.76. The van der Waals surface area contributed by atoms with Gasteiger partial charge in [-0.2, -0.15) is 0 Å². The average molecular weight is 295 g/mol. The second-order valence-corrected chi connectivity index (χ2v) is 6.06. The van der Waals surface area contributed by atoms with Gasteiger partial charge in [0.15, 0.2) is 0 Å². The first kappa shape index (κ1) is 13.7. The van der Waals surface area contributed by atoms with Gasteiger partial charge >= 0.3 is 0 Å². The molecule has 4 nitrogen and oxygen atoms in total. The number of fused-ring (bicyclic) bond motifs is 2. The van der Waals surface area contributed by atoms with E-state index in [0.29, 0.717) is 28.4 Å². The molecule has 0 saturated carbocycles. The fraction of sp³-hybridized carbons (Fsp3) is 0.533. The molecule has 2 fully saturated rings. The zero-order valence-corrected chi connectivity index (χ0v) is 12.2. The van der Waals surface area contributed by atoms with Gasteiger partial charge in [0, 0.05) is 23.1 Å². The number of carbonyl (C=O) groups excluding carboxylic acids is 1. The molecule has 2 N–H and O–H groups in total. The molecule has 3 rings (SSSR count). The molecule has 0 aliphatic carbocycles. The Morgan fingerprint density at radius 3 is 2.70 bits per heavy atom. The minimum atomic E-state index is -0.0789. The number of hydrogen-bond donors (Lipinski definition) is 2. The molecule has 5 heteroatoms. The number of piperidine rings is 1. The second-order valence-electron chi connectivity index (χ2n) is 5.62. The number of benzene rings is 1. The van der Waals surface area contributed by atoms with Crippen molar-refractivity contribution in [1.29, 1.82) is 0 Å². The van der Waals surface area contributed by atoms with E-state index >= 15 is 0 Å². The lowest BCUT2D eigenvalue weighted by molar-refractivity contribution is 0.0921. The van der Waals surface area contributed by atoms with Gasteiger partial charge in [0.1, 0.15) is 5.75 Å². The predicted octanol–water partition coefficient (Wildman–Crippen LogP) is 2.36. The summed E-state index contributed by atoms with van der Waals surface area (Å²) in [7, 11) is 1.55. The lowest BCUT2D eigenvalue weighted by Gasteiger charge is -2.29. The molecule has 2 bridgehead atoms. The Morgan fingerprint density at radius 2 is 2.05 bits per heavy atom. The molecule has 2 unspecified atom stereocenters. The Labute approximate surface area is 123 Å². The van der Waals surface area contributed by atoms with E-state index in [4.69, 9.17) is 16.3 Å². The van der Waals surface area contributed by atoms with Crippen LogP contribution in [0, 0.1) is 0 Å². The largest absolute Gasteiger partial charge is 0.496 e. The quantitative estimate of drug-likeness (QED) is 0.900. The summed E-state index contributed by atoms with van der Waals surface area (Å²) in [5, 5.41) is 7.27. The zero-order valence-electron chi connectivity index (χ0n) is 11.5. The third-order valence-electron chi connectivity index (χ3n) is 4.22. The van der Waals surface area contributed by atoms with Crippen LogP contribution >= 0.6 is 11.6 Å². The van der Waals surface area contributed by atoms with Crippen LogP contribution in [0.25, 0.3) is 0 Å². The normalized spacial score (nSPS) is 28.2. The van der Waals surface area contributed by atoms with Crippen molar-refractivity contribution in [1.82, 2.24) is 10.6 Å². The minimum Gasteiger partial charge on any atom is -0.496 e. The first-order valence-electron chi connectivity index (χ1n) is 7.06. The summed E-state index contributed by atoms with van der Waals surface area (Å²) in [5.74, 6) is 0.441. The van der Waals surface area contributed by atoms with Crippen molar-refractivity contribution in [2.75, 3.05) is 7.11 Å². The van der Waals surface area contributed by atoms with Gasteiger partial charge in [-0.1, -0.05) is 11.6 Å². The van der Waals surface area contributed by atoms with Gasteiger partial charge in [-0.3, -0.25) is 4.79 Å². The van der Waals surface area contributed by atoms with E-state index in [1.807, 2.05) is 0 Å². The van der Waals surface area contributed by atoms with Crippen molar-refractivity contribution >= 4 is 17.5 Å². The van der Waals surface area contributed by atoms with Gasteiger partial charge in [-0.15, -0.1) is 0 Å². The number of ether oxygens (including phenoxy) is 1. The van der Waals surface area contributed by atoms with Crippen molar-refractivity contribution < 1.29 is 9.53 Å². The molecule has 0 spiro atoms. The molecule has 0 radical (unpaired) electrons. The van der Waals surface area contributed by atoms with Gasteiger partial charge in [-0.05, 0) is 43.9 Å². The Balaban J connectivity index is 1.70. The monoisotopic (exact) mass is 294 g/mol. The van der Waals surface area contributed by atoms with Crippen LogP contribution < -0.4 is 15.4 Å². The molecule has 1 aromatic carbocycles. The molecule has 2 saturated heterocycles. The topological polar surface area (TPSA) is 50.4 Å². The third-order valence-corrected chi connectivity index (χ3v) is 4.45. The lowest BCUT2D eigenvalue weighted by Crippen LogP contribution is -2.48. The van der Waals surface area contributed by atoms with Gasteiger partial charge in [0.05, 0.1) is 12.7 Å². The van der Waals surface area contributed by atoms with Gasteiger partial charge < -0.3 is 15.4 Å². The summed E-state index contributed by atoms with van der Waals surface area (Å²) in [6.45, 7) is 0. The Hall–Kier alpha value is -1.26. The number of hydrogen-bond acceptors (Lipinski definition) is 3. The lowest BCUT2D eigenvalue weighted by atomic mass is 9.99. The minimum absolute atomic E-state index is 0.0789. The first-order valence-corrected chi connectivity index (χ1v) is 7.44. The molecule has 0 aromatic heterocycles. The first-order chi connectivity index (χ1) is 9.65. The Morgan fingerprint density at radius 1 is 1.35 bits per heavy atom. The van der Waals surface area contributed by atoms with Crippen LogP contribution in [0.3, 0.4) is 0 Å². The maximum Gasteiger partial charge on any atom is 0.255 e. The highest BCUT2D eigenvalue weighted by atomic mass is 35.5. The second kappa shape index (κ2) is 5.62. The molecule has 20 heavy (non-hydrogen) atoms. The van der Waals surface area contributed by atoms with Gasteiger partial charge in [-0.25, -0.2) is 0 Å². The maximum absolute atomic E-state index is 12.4. The van der Waals surface area contributed by atoms with E-state index < -0.39 is 0 Å². The van der Waals surface area contributed by atoms with Gasteiger partial charge in [0.2, 0.25) is 0 Å². The maximum atomic E-state index is 12.4. The Bertz CT molecular complexity index is 509. The summed E-state index contributed by atoms with van der Waals surface area (Å²) in [6, 6.07) is 6.47. The SMILES string of the molecule is COc1cc(Cl)ccc1C(=O)NC1CC2CCC(C1)N2. The fourth-order valence-corrected chi connectivity index (χ4v) is 3.45. The highest BCUT2D eigenvalue weighted by Gasteiger charge is 2.34. The molecule has 1 aromatic rings. The van der Waals surface area contributed by atoms with E-state index in [-0.39, 0.29) is 11.9 Å². The van der Waals surface area contributed by atoms with Crippen LogP contribution in [0.4, 0.5) is 0 Å². The number of halogens is 1. The smallest absolute Gasteiger partial charge is 0.255 e. The fourth-order valence-electron chi connectivity index (χ4n) is 3.29. The van der Waals surface area contributed by atoms with E-state index in [0.717, 1.165) is 12.8 Å². The van der Waals surface area contributed by atoms with Crippen LogP contribution in [0.2, 0.25) is 5.02 Å². The van der Waals surface area contributed by atoms with Gasteiger partial charge in [0.25, 0.3) is 5.91 Å². The number of methoxy groups -OCH3 is 1. The van der Waals surface area contributed by atoms with Crippen molar-refractivity contribution in [2.45, 2.75) is 43.8 Å². The van der Waals surface area contributed by atoms with Crippen molar-refractivity contribution in [3.05, 3.63) is 28.8 Å². The number of amides is 1. The number of rotatable bonds is 3. The van der Waals surface area contributed by atoms with E-state index in [1.54, 1.807) is 25.3 Å². The molecule has 108 valence electrons. The summed E-state index contributed by atoms with van der Waals surface area (Å²) in [6.07, 6.45) is 4.47. The highest BCUT2D eigenvalue weighted by molar-refractivity contribution is 6.30. The zero-order chi connectivity index (χ0) is 14.1. The van der Waals surface area contributed by atoms with Crippen LogP contribution in [0.15, 0.2) is 18.2 Å². The van der Waals surface area contributed by atoms with E-state index in [1.165, 1.54) is 12.8 Å². The van der Waals surface area contributed by atoms with E-state index in [2.05, 4.69) is 10.6 Å². The molecule has 1 amide bonds. The van der Waals surface area contributed by atoms with Crippen LogP contribution in [-0.4, -0.2) is 31.1 Å². The molecular weight excluding hydrogens is 276 g/mol. The van der Waals surface area contributed by atoms with Crippen molar-refractivity contribution in [3.63, 3.8) is 0 Å². The summed E-state index contributed by atoms with van der Waals surface area (Å²) >= 11 is 5.92. The van der Waals surface area contributed by atoms with Crippen LogP contribution in [0.5, 0.6) is 5.75 Å². The van der Waals surface area contributed by atoms with E-state index in [9.17, 15) is 4.79 Å². The summed E-state index contributed by atoms with van der Waals surface area (Å²) in [4.78, 5) is 12.4. The molecule has 2 aliphatic heterocycles. The standard InChI is InChI=1S/C15H19ClN2O2/c1-20-14-6-9(16)2-5-13(14)15(19)18-12-7-10-3-4-11(8-12)17-10/h2,5-6,10-12,17H,3-4,7-8H2,1H3,(H,18,19). The predicted molar refractivity (Wildman–Crippen MR) is 78.4 cm³/mol. The van der Waals surface area contributed by atoms with Crippen molar-refractivity contribution in [3.8, 4) is 5.75 Å².